The zero-order valence-electron chi connectivity index (χ0n) is 8.87. The molecule has 2 rings (SSSR count). The summed E-state index contributed by atoms with van der Waals surface area (Å²) < 4.78 is 1.04. The predicted molar refractivity (Wildman–Crippen MR) is 68.7 cm³/mol. The van der Waals surface area contributed by atoms with E-state index in [2.05, 4.69) is 26.5 Å². The van der Waals surface area contributed by atoms with Crippen LogP contribution in [0.2, 0.25) is 0 Å². The number of hydrogen-bond acceptors (Lipinski definition) is 3. The molecule has 0 unspecified atom stereocenters. The van der Waals surface area contributed by atoms with Gasteiger partial charge in [-0.25, -0.2) is 0 Å². The van der Waals surface area contributed by atoms with E-state index >= 15 is 0 Å². The molecule has 0 saturated heterocycles. The third-order valence-corrected chi connectivity index (χ3v) is 3.04. The van der Waals surface area contributed by atoms with Crippen molar-refractivity contribution in [2.24, 2.45) is 5.10 Å². The SMILES string of the molecule is O=C1CCC/C(=N/Nc2ccc(Br)cc2)C1. The Kier molecular flexibility index (Phi) is 3.72. The molecule has 16 heavy (non-hydrogen) atoms. The highest BCUT2D eigenvalue weighted by atomic mass is 79.9. The maximum Gasteiger partial charge on any atom is 0.138 e. The fraction of sp³-hybridized carbons (Fsp3) is 0.333. The van der Waals surface area contributed by atoms with E-state index in [1.54, 1.807) is 0 Å². The Bertz CT molecular complexity index is 412. The lowest BCUT2D eigenvalue weighted by Crippen LogP contribution is -2.15. The molecule has 0 bridgehead atoms. The monoisotopic (exact) mass is 280 g/mol. The zero-order chi connectivity index (χ0) is 11.4. The summed E-state index contributed by atoms with van der Waals surface area (Å²) in [5.41, 5.74) is 4.87. The van der Waals surface area contributed by atoms with Gasteiger partial charge in [-0.3, -0.25) is 10.2 Å². The molecule has 0 radical (unpaired) electrons. The fourth-order valence-electron chi connectivity index (χ4n) is 1.66. The van der Waals surface area contributed by atoms with Crippen molar-refractivity contribution in [1.29, 1.82) is 0 Å². The third-order valence-electron chi connectivity index (χ3n) is 2.51. The van der Waals surface area contributed by atoms with Crippen LogP contribution in [0.5, 0.6) is 0 Å². The van der Waals surface area contributed by atoms with Crippen molar-refractivity contribution in [3.05, 3.63) is 28.7 Å². The van der Waals surface area contributed by atoms with Crippen LogP contribution >= 0.6 is 15.9 Å². The van der Waals surface area contributed by atoms with Crippen molar-refractivity contribution < 1.29 is 4.79 Å². The van der Waals surface area contributed by atoms with Gasteiger partial charge in [0.1, 0.15) is 5.78 Å². The summed E-state index contributed by atoms with van der Waals surface area (Å²) in [6.45, 7) is 0. The van der Waals surface area contributed by atoms with E-state index in [9.17, 15) is 4.79 Å². The number of Topliss-reactive ketones (excluding diaryl/α,β-unsaturated/α-hetero) is 1. The highest BCUT2D eigenvalue weighted by Gasteiger charge is 2.14. The van der Waals surface area contributed by atoms with Gasteiger partial charge in [0, 0.05) is 23.0 Å². The van der Waals surface area contributed by atoms with Crippen LogP contribution < -0.4 is 5.43 Å². The largest absolute Gasteiger partial charge is 0.299 e. The van der Waals surface area contributed by atoms with Crippen LogP contribution in [-0.4, -0.2) is 11.5 Å². The Morgan fingerprint density at radius 1 is 1.19 bits per heavy atom. The lowest BCUT2D eigenvalue weighted by Gasteiger charge is -2.11. The molecule has 1 aliphatic carbocycles. The number of carbonyl (C=O) groups excluding carboxylic acids is 1. The minimum Gasteiger partial charge on any atom is -0.299 e. The smallest absolute Gasteiger partial charge is 0.138 e. The second kappa shape index (κ2) is 5.25. The van der Waals surface area contributed by atoms with Crippen molar-refractivity contribution in [1.82, 2.24) is 0 Å². The minimum absolute atomic E-state index is 0.294. The first-order valence-electron chi connectivity index (χ1n) is 5.33. The summed E-state index contributed by atoms with van der Waals surface area (Å²) in [6.07, 6.45) is 3.07. The maximum absolute atomic E-state index is 11.2. The first-order valence-corrected chi connectivity index (χ1v) is 6.12. The predicted octanol–water partition coefficient (Wildman–Crippen LogP) is 3.36. The first kappa shape index (κ1) is 11.3. The molecule has 1 aromatic rings. The number of carbonyl (C=O) groups is 1. The second-order valence-corrected chi connectivity index (χ2v) is 4.78. The number of hydrazone groups is 1. The number of halogens is 1. The van der Waals surface area contributed by atoms with Gasteiger partial charge < -0.3 is 0 Å². The Morgan fingerprint density at radius 2 is 1.94 bits per heavy atom. The van der Waals surface area contributed by atoms with E-state index in [4.69, 9.17) is 0 Å². The molecule has 0 atom stereocenters. The number of ketones is 1. The van der Waals surface area contributed by atoms with Gasteiger partial charge >= 0.3 is 0 Å². The molecule has 0 heterocycles. The van der Waals surface area contributed by atoms with Crippen LogP contribution in [0.3, 0.4) is 0 Å². The molecular weight excluding hydrogens is 268 g/mol. The van der Waals surface area contributed by atoms with E-state index in [-0.39, 0.29) is 0 Å². The molecule has 1 saturated carbocycles. The Balaban J connectivity index is 1.97. The fourth-order valence-corrected chi connectivity index (χ4v) is 1.92. The molecule has 4 heteroatoms. The summed E-state index contributed by atoms with van der Waals surface area (Å²) in [5.74, 6) is 0.294. The van der Waals surface area contributed by atoms with Crippen LogP contribution in [-0.2, 0) is 4.79 Å². The van der Waals surface area contributed by atoms with Gasteiger partial charge in [-0.15, -0.1) is 0 Å². The number of hydrogen-bond donors (Lipinski definition) is 1. The second-order valence-electron chi connectivity index (χ2n) is 3.87. The molecular formula is C12H13BrN2O. The molecule has 1 N–H and O–H groups in total. The van der Waals surface area contributed by atoms with Gasteiger partial charge in [0.2, 0.25) is 0 Å². The topological polar surface area (TPSA) is 41.5 Å². The molecule has 0 aliphatic heterocycles. The average Bonchev–Trinajstić information content (AvgIpc) is 2.28. The van der Waals surface area contributed by atoms with Gasteiger partial charge in [0.05, 0.1) is 5.69 Å². The van der Waals surface area contributed by atoms with Gasteiger partial charge in [-0.2, -0.15) is 5.10 Å². The maximum atomic E-state index is 11.2. The lowest BCUT2D eigenvalue weighted by molar-refractivity contribution is -0.118. The van der Waals surface area contributed by atoms with Crippen LogP contribution in [0.15, 0.2) is 33.8 Å². The molecule has 3 nitrogen and oxygen atoms in total. The quantitative estimate of drug-likeness (QED) is 0.844. The van der Waals surface area contributed by atoms with Crippen molar-refractivity contribution >= 4 is 33.1 Å². The molecule has 1 aromatic carbocycles. The van der Waals surface area contributed by atoms with E-state index in [1.165, 1.54) is 0 Å². The van der Waals surface area contributed by atoms with Crippen LogP contribution in [0.4, 0.5) is 5.69 Å². The lowest BCUT2D eigenvalue weighted by atomic mass is 9.97. The third kappa shape index (κ3) is 3.17. The van der Waals surface area contributed by atoms with E-state index in [1.807, 2.05) is 24.3 Å². The van der Waals surface area contributed by atoms with Crippen molar-refractivity contribution in [3.8, 4) is 0 Å². The van der Waals surface area contributed by atoms with Crippen LogP contribution in [0, 0.1) is 0 Å². The summed E-state index contributed by atoms with van der Waals surface area (Å²) in [4.78, 5) is 11.2. The van der Waals surface area contributed by atoms with Crippen LogP contribution in [0.1, 0.15) is 25.7 Å². The minimum atomic E-state index is 0.294. The molecule has 0 aromatic heterocycles. The highest BCUT2D eigenvalue weighted by Crippen LogP contribution is 2.16. The Hall–Kier alpha value is -1.16. The van der Waals surface area contributed by atoms with Crippen LogP contribution in [0.25, 0.3) is 0 Å². The summed E-state index contributed by atoms with van der Waals surface area (Å²) in [7, 11) is 0. The molecule has 84 valence electrons. The molecule has 1 aliphatic rings. The van der Waals surface area contributed by atoms with E-state index in [0.717, 1.165) is 28.7 Å². The molecule has 1 fully saturated rings. The number of anilines is 1. The normalized spacial score (nSPS) is 18.8. The number of nitrogens with one attached hydrogen (secondary N) is 1. The Labute approximate surface area is 103 Å². The zero-order valence-corrected chi connectivity index (χ0v) is 10.5. The van der Waals surface area contributed by atoms with Gasteiger partial charge in [-0.05, 0) is 37.1 Å². The summed E-state index contributed by atoms with van der Waals surface area (Å²) >= 11 is 3.37. The number of nitrogens with zero attached hydrogens (tertiary/aromatic N) is 1. The molecule has 0 amide bonds. The first-order chi connectivity index (χ1) is 7.74. The van der Waals surface area contributed by atoms with Gasteiger partial charge in [-0.1, -0.05) is 15.9 Å². The van der Waals surface area contributed by atoms with Crippen molar-refractivity contribution in [2.75, 3.05) is 5.43 Å². The van der Waals surface area contributed by atoms with Crippen molar-refractivity contribution in [3.63, 3.8) is 0 Å². The summed E-state index contributed by atoms with van der Waals surface area (Å²) in [6, 6.07) is 7.79. The van der Waals surface area contributed by atoms with E-state index < -0.39 is 0 Å². The standard InChI is InChI=1S/C12H13BrN2O/c13-9-4-6-10(7-5-9)14-15-11-2-1-3-12(16)8-11/h4-7,14H,1-3,8H2/b15-11-. The van der Waals surface area contributed by atoms with Gasteiger partial charge in [0.15, 0.2) is 0 Å². The summed E-state index contributed by atoms with van der Waals surface area (Å²) in [5, 5.41) is 4.26. The number of rotatable bonds is 2. The van der Waals surface area contributed by atoms with Gasteiger partial charge in [0.25, 0.3) is 0 Å². The Morgan fingerprint density at radius 3 is 2.62 bits per heavy atom. The number of benzene rings is 1. The van der Waals surface area contributed by atoms with E-state index in [0.29, 0.717) is 18.6 Å². The van der Waals surface area contributed by atoms with Crippen molar-refractivity contribution in [2.45, 2.75) is 25.7 Å². The molecule has 0 spiro atoms. The average molecular weight is 281 g/mol. The highest BCUT2D eigenvalue weighted by molar-refractivity contribution is 9.10.